The van der Waals surface area contributed by atoms with E-state index in [0.717, 1.165) is 27.8 Å². The van der Waals surface area contributed by atoms with E-state index in [1.54, 1.807) is 6.92 Å². The fraction of sp³-hybridized carbons (Fsp3) is 0.250. The molecule has 5 heteroatoms. The van der Waals surface area contributed by atoms with Crippen LogP contribution in [0.4, 0.5) is 0 Å². The van der Waals surface area contributed by atoms with E-state index < -0.39 is 12.1 Å². The summed E-state index contributed by atoms with van der Waals surface area (Å²) in [5.41, 5.74) is 10.6. The van der Waals surface area contributed by atoms with Crippen molar-refractivity contribution in [3.05, 3.63) is 171 Å². The van der Waals surface area contributed by atoms with Gasteiger partial charge in [-0.05, 0) is 69.1 Å². The highest BCUT2D eigenvalue weighted by Gasteiger charge is 2.25. The number of carbonyl (C=O) groups is 1. The van der Waals surface area contributed by atoms with Gasteiger partial charge in [-0.2, -0.15) is 0 Å². The number of carboxylic acids is 1. The summed E-state index contributed by atoms with van der Waals surface area (Å²) in [6.45, 7) is 7.42. The number of fused-ring (bicyclic) bond motifs is 2. The highest BCUT2D eigenvalue weighted by atomic mass is 16.5. The number of aliphatic carboxylic acids is 1. The highest BCUT2D eigenvalue weighted by molar-refractivity contribution is 5.77. The zero-order valence-electron chi connectivity index (χ0n) is 28.4. The normalized spacial score (nSPS) is 15.4. The minimum atomic E-state index is -0.958. The fourth-order valence-electron chi connectivity index (χ4n) is 6.57. The predicted molar refractivity (Wildman–Crippen MR) is 196 cm³/mol. The molecule has 0 saturated heterocycles. The van der Waals surface area contributed by atoms with Crippen molar-refractivity contribution in [3.8, 4) is 5.75 Å². The Morgan fingerprint density at radius 2 is 1.20 bits per heavy atom. The quantitative estimate of drug-likeness (QED) is 0.121. The molecule has 250 valence electrons. The SMILES string of the molecule is CCOC(Cc1ccc(OCCOC2c3ccc(C(C)c4ccccc4)cc3C=Cc3cc(C(C)c4ccccc4)ccc32)cc1)C(=O)O. The van der Waals surface area contributed by atoms with Gasteiger partial charge in [0.2, 0.25) is 0 Å². The first-order valence-electron chi connectivity index (χ1n) is 17.1. The Kier molecular flexibility index (Phi) is 11.0. The van der Waals surface area contributed by atoms with Gasteiger partial charge < -0.3 is 19.3 Å². The lowest BCUT2D eigenvalue weighted by Crippen LogP contribution is -2.26. The monoisotopic (exact) mass is 652 g/mol. The van der Waals surface area contributed by atoms with Crippen molar-refractivity contribution in [1.82, 2.24) is 0 Å². The molecule has 0 spiro atoms. The summed E-state index contributed by atoms with van der Waals surface area (Å²) >= 11 is 0. The molecule has 0 fully saturated rings. The standard InChI is InChI=1S/C44H44O5/c1-4-47-42(44(45)46)27-32-15-21-39(22-16-32)48-25-26-49-43-40-23-19-35(30(2)33-11-7-5-8-12-33)28-37(40)17-18-38-29-36(20-24-41(38)43)31(3)34-13-9-6-10-14-34/h5-24,28-31,42-43H,4,25-27H2,1-3H3,(H,45,46). The summed E-state index contributed by atoms with van der Waals surface area (Å²) in [7, 11) is 0. The molecule has 6 rings (SSSR count). The topological polar surface area (TPSA) is 65.0 Å². The van der Waals surface area contributed by atoms with Gasteiger partial charge in [0.25, 0.3) is 0 Å². The molecule has 1 aliphatic carbocycles. The Bertz CT molecular complexity index is 1760. The van der Waals surface area contributed by atoms with Gasteiger partial charge in [0.05, 0.1) is 6.61 Å². The molecule has 0 saturated carbocycles. The van der Waals surface area contributed by atoms with E-state index in [-0.39, 0.29) is 17.9 Å². The van der Waals surface area contributed by atoms with Crippen molar-refractivity contribution >= 4 is 18.1 Å². The first-order valence-corrected chi connectivity index (χ1v) is 17.1. The van der Waals surface area contributed by atoms with Crippen LogP contribution >= 0.6 is 0 Å². The van der Waals surface area contributed by atoms with Gasteiger partial charge in [-0.15, -0.1) is 0 Å². The lowest BCUT2D eigenvalue weighted by atomic mass is 9.87. The Morgan fingerprint density at radius 3 is 1.69 bits per heavy atom. The maximum absolute atomic E-state index is 11.5. The van der Waals surface area contributed by atoms with E-state index in [1.807, 2.05) is 24.3 Å². The molecule has 0 aliphatic heterocycles. The average Bonchev–Trinajstić information content (AvgIpc) is 3.29. The van der Waals surface area contributed by atoms with Crippen LogP contribution in [0.2, 0.25) is 0 Å². The molecule has 0 aromatic heterocycles. The Morgan fingerprint density at radius 1 is 0.673 bits per heavy atom. The lowest BCUT2D eigenvalue weighted by molar-refractivity contribution is -0.149. The third-order valence-corrected chi connectivity index (χ3v) is 9.45. The van der Waals surface area contributed by atoms with E-state index >= 15 is 0 Å². The Labute approximate surface area is 289 Å². The van der Waals surface area contributed by atoms with Gasteiger partial charge in [-0.25, -0.2) is 4.79 Å². The number of carboxylic acid groups (broad SMARTS) is 1. The molecular weight excluding hydrogens is 608 g/mol. The molecule has 3 atom stereocenters. The molecule has 3 unspecified atom stereocenters. The third-order valence-electron chi connectivity index (χ3n) is 9.45. The minimum absolute atomic E-state index is 0.261. The number of ether oxygens (including phenoxy) is 3. The molecule has 49 heavy (non-hydrogen) atoms. The second-order valence-corrected chi connectivity index (χ2v) is 12.6. The Hall–Kier alpha value is -4.97. The van der Waals surface area contributed by atoms with Crippen LogP contribution in [0.15, 0.2) is 121 Å². The summed E-state index contributed by atoms with van der Waals surface area (Å²) in [6, 6.07) is 42.3. The van der Waals surface area contributed by atoms with Crippen LogP contribution in [0.1, 0.15) is 88.8 Å². The van der Waals surface area contributed by atoms with Crippen LogP contribution in [0, 0.1) is 0 Å². The Balaban J connectivity index is 1.22. The number of hydrogen-bond donors (Lipinski definition) is 1. The molecular formula is C44H44O5. The molecule has 5 nitrogen and oxygen atoms in total. The fourth-order valence-corrected chi connectivity index (χ4v) is 6.57. The van der Waals surface area contributed by atoms with Crippen LogP contribution in [0.5, 0.6) is 5.75 Å². The number of benzene rings is 5. The molecule has 0 radical (unpaired) electrons. The first kappa shape index (κ1) is 33.9. The molecule has 0 heterocycles. The first-order chi connectivity index (χ1) is 23.9. The van der Waals surface area contributed by atoms with Crippen LogP contribution in [-0.4, -0.2) is 37.0 Å². The second-order valence-electron chi connectivity index (χ2n) is 12.6. The summed E-state index contributed by atoms with van der Waals surface area (Å²) in [5, 5.41) is 9.41. The third kappa shape index (κ3) is 8.19. The molecule has 5 aromatic carbocycles. The summed E-state index contributed by atoms with van der Waals surface area (Å²) < 4.78 is 18.1. The minimum Gasteiger partial charge on any atom is -0.491 e. The average molecular weight is 653 g/mol. The molecule has 1 N–H and O–H groups in total. The zero-order valence-corrected chi connectivity index (χ0v) is 28.4. The van der Waals surface area contributed by atoms with Gasteiger partial charge in [0.1, 0.15) is 18.5 Å². The van der Waals surface area contributed by atoms with Crippen LogP contribution < -0.4 is 4.74 Å². The van der Waals surface area contributed by atoms with Crippen molar-refractivity contribution in [3.63, 3.8) is 0 Å². The van der Waals surface area contributed by atoms with Gasteiger partial charge in [-0.3, -0.25) is 0 Å². The van der Waals surface area contributed by atoms with Crippen LogP contribution in [0.25, 0.3) is 12.2 Å². The second kappa shape index (κ2) is 16.0. The summed E-state index contributed by atoms with van der Waals surface area (Å²) in [5.74, 6) is 0.271. The van der Waals surface area contributed by atoms with Crippen LogP contribution in [-0.2, 0) is 20.7 Å². The van der Waals surface area contributed by atoms with E-state index in [2.05, 4.69) is 123 Å². The van der Waals surface area contributed by atoms with E-state index in [4.69, 9.17) is 14.2 Å². The van der Waals surface area contributed by atoms with Crippen molar-refractivity contribution in [2.75, 3.05) is 19.8 Å². The number of rotatable bonds is 14. The van der Waals surface area contributed by atoms with Crippen molar-refractivity contribution in [2.24, 2.45) is 0 Å². The van der Waals surface area contributed by atoms with Crippen molar-refractivity contribution < 1.29 is 24.1 Å². The number of hydrogen-bond acceptors (Lipinski definition) is 4. The van der Waals surface area contributed by atoms with E-state index in [0.29, 0.717) is 32.0 Å². The zero-order chi connectivity index (χ0) is 34.2. The van der Waals surface area contributed by atoms with Crippen molar-refractivity contribution in [1.29, 1.82) is 0 Å². The van der Waals surface area contributed by atoms with E-state index in [1.165, 1.54) is 22.3 Å². The maximum Gasteiger partial charge on any atom is 0.333 e. The van der Waals surface area contributed by atoms with E-state index in [9.17, 15) is 9.90 Å². The lowest BCUT2D eigenvalue weighted by Gasteiger charge is -2.23. The maximum atomic E-state index is 11.5. The molecule has 0 bridgehead atoms. The summed E-state index contributed by atoms with van der Waals surface area (Å²) in [6.07, 6.45) is 3.64. The molecule has 1 aliphatic rings. The predicted octanol–water partition coefficient (Wildman–Crippen LogP) is 9.69. The molecule has 5 aromatic rings. The summed E-state index contributed by atoms with van der Waals surface area (Å²) in [4.78, 5) is 11.5. The van der Waals surface area contributed by atoms with Crippen molar-refractivity contribution in [2.45, 2.75) is 51.2 Å². The van der Waals surface area contributed by atoms with Crippen LogP contribution in [0.3, 0.4) is 0 Å². The highest BCUT2D eigenvalue weighted by Crippen LogP contribution is 2.39. The molecule has 0 amide bonds. The van der Waals surface area contributed by atoms with Gasteiger partial charge in [0, 0.05) is 24.9 Å². The largest absolute Gasteiger partial charge is 0.491 e. The van der Waals surface area contributed by atoms with Gasteiger partial charge in [0.15, 0.2) is 6.10 Å². The smallest absolute Gasteiger partial charge is 0.333 e. The van der Waals surface area contributed by atoms with Gasteiger partial charge >= 0.3 is 5.97 Å². The van der Waals surface area contributed by atoms with Gasteiger partial charge in [-0.1, -0.05) is 135 Å².